The van der Waals surface area contributed by atoms with E-state index >= 15 is 0 Å². The molecule has 1 saturated heterocycles. The van der Waals surface area contributed by atoms with Gasteiger partial charge in [0.05, 0.1) is 0 Å². The van der Waals surface area contributed by atoms with E-state index in [1.807, 2.05) is 12.3 Å². The molecule has 1 unspecified atom stereocenters. The molecule has 0 amide bonds. The molecule has 5 heteroatoms. The SMILES string of the molecule is Fc1ccc(CN(Cc2cccnc2)CC2CCNC2)c(Cl)c1. The van der Waals surface area contributed by atoms with Crippen LogP contribution >= 0.6 is 11.6 Å². The summed E-state index contributed by atoms with van der Waals surface area (Å²) < 4.78 is 13.2. The van der Waals surface area contributed by atoms with Gasteiger partial charge in [-0.05, 0) is 54.8 Å². The van der Waals surface area contributed by atoms with E-state index in [-0.39, 0.29) is 5.82 Å². The van der Waals surface area contributed by atoms with Crippen LogP contribution in [0.2, 0.25) is 5.02 Å². The van der Waals surface area contributed by atoms with Crippen LogP contribution in [-0.2, 0) is 13.1 Å². The van der Waals surface area contributed by atoms with E-state index in [2.05, 4.69) is 21.3 Å². The highest BCUT2D eigenvalue weighted by atomic mass is 35.5. The van der Waals surface area contributed by atoms with Crippen molar-refractivity contribution in [2.24, 2.45) is 5.92 Å². The molecule has 122 valence electrons. The van der Waals surface area contributed by atoms with Crippen molar-refractivity contribution in [3.8, 4) is 0 Å². The quantitative estimate of drug-likeness (QED) is 0.877. The number of pyridine rings is 1. The standard InChI is InChI=1S/C18H21ClFN3/c19-18-8-17(20)4-3-16(18)13-23(12-15-5-7-22-10-15)11-14-2-1-6-21-9-14/h1-4,6,8-9,15,22H,5,7,10-13H2. The van der Waals surface area contributed by atoms with Crippen molar-refractivity contribution in [2.45, 2.75) is 19.5 Å². The first-order valence-electron chi connectivity index (χ1n) is 7.96. The van der Waals surface area contributed by atoms with Gasteiger partial charge in [-0.2, -0.15) is 0 Å². The van der Waals surface area contributed by atoms with E-state index in [9.17, 15) is 4.39 Å². The fourth-order valence-corrected chi connectivity index (χ4v) is 3.29. The first-order chi connectivity index (χ1) is 11.2. The lowest BCUT2D eigenvalue weighted by Gasteiger charge is -2.25. The lowest BCUT2D eigenvalue weighted by atomic mass is 10.1. The Bertz CT molecular complexity index is 629. The van der Waals surface area contributed by atoms with Gasteiger partial charge in [-0.15, -0.1) is 0 Å². The maximum Gasteiger partial charge on any atom is 0.124 e. The molecule has 1 aromatic carbocycles. The van der Waals surface area contributed by atoms with Crippen LogP contribution in [0.1, 0.15) is 17.5 Å². The van der Waals surface area contributed by atoms with E-state index in [1.54, 1.807) is 12.3 Å². The van der Waals surface area contributed by atoms with Gasteiger partial charge in [0.1, 0.15) is 5.82 Å². The van der Waals surface area contributed by atoms with E-state index in [0.717, 1.165) is 31.7 Å². The largest absolute Gasteiger partial charge is 0.316 e. The highest BCUT2D eigenvalue weighted by Gasteiger charge is 2.19. The third kappa shape index (κ3) is 4.74. The van der Waals surface area contributed by atoms with Crippen LogP contribution in [0.25, 0.3) is 0 Å². The topological polar surface area (TPSA) is 28.2 Å². The summed E-state index contributed by atoms with van der Waals surface area (Å²) in [6, 6.07) is 8.67. The molecular weight excluding hydrogens is 313 g/mol. The van der Waals surface area contributed by atoms with Crippen molar-refractivity contribution in [2.75, 3.05) is 19.6 Å². The van der Waals surface area contributed by atoms with Crippen LogP contribution in [0.4, 0.5) is 4.39 Å². The molecule has 2 heterocycles. The number of aromatic nitrogens is 1. The monoisotopic (exact) mass is 333 g/mol. The Labute approximate surface area is 141 Å². The molecular formula is C18H21ClFN3. The summed E-state index contributed by atoms with van der Waals surface area (Å²) >= 11 is 6.20. The third-order valence-electron chi connectivity index (χ3n) is 4.22. The molecule has 2 aromatic rings. The number of hydrogen-bond donors (Lipinski definition) is 1. The van der Waals surface area contributed by atoms with Crippen LogP contribution in [0.3, 0.4) is 0 Å². The van der Waals surface area contributed by atoms with Gasteiger partial charge in [0.2, 0.25) is 0 Å². The van der Waals surface area contributed by atoms with Crippen molar-refractivity contribution in [1.29, 1.82) is 0 Å². The molecule has 1 atom stereocenters. The number of rotatable bonds is 6. The molecule has 0 saturated carbocycles. The van der Waals surface area contributed by atoms with Crippen LogP contribution in [0.15, 0.2) is 42.7 Å². The minimum Gasteiger partial charge on any atom is -0.316 e. The number of halogens is 2. The maximum atomic E-state index is 13.2. The van der Waals surface area contributed by atoms with Gasteiger partial charge in [-0.1, -0.05) is 23.7 Å². The summed E-state index contributed by atoms with van der Waals surface area (Å²) in [6.07, 6.45) is 4.87. The maximum absolute atomic E-state index is 13.2. The normalized spacial score (nSPS) is 17.8. The predicted octanol–water partition coefficient (Wildman–Crippen LogP) is 3.49. The highest BCUT2D eigenvalue weighted by molar-refractivity contribution is 6.31. The fraction of sp³-hybridized carbons (Fsp3) is 0.389. The highest BCUT2D eigenvalue weighted by Crippen LogP contribution is 2.21. The van der Waals surface area contributed by atoms with Crippen LogP contribution < -0.4 is 5.32 Å². The van der Waals surface area contributed by atoms with Gasteiger partial charge in [-0.3, -0.25) is 9.88 Å². The number of hydrogen-bond acceptors (Lipinski definition) is 3. The molecule has 1 N–H and O–H groups in total. The Morgan fingerprint density at radius 2 is 2.22 bits per heavy atom. The molecule has 1 fully saturated rings. The predicted molar refractivity (Wildman–Crippen MR) is 90.7 cm³/mol. The zero-order chi connectivity index (χ0) is 16.1. The second-order valence-corrected chi connectivity index (χ2v) is 6.53. The lowest BCUT2D eigenvalue weighted by molar-refractivity contribution is 0.220. The van der Waals surface area contributed by atoms with Crippen molar-refractivity contribution in [3.63, 3.8) is 0 Å². The van der Waals surface area contributed by atoms with Gasteiger partial charge in [0, 0.05) is 37.1 Å². The number of nitrogens with one attached hydrogen (secondary N) is 1. The molecule has 1 aliphatic rings. The summed E-state index contributed by atoms with van der Waals surface area (Å²) in [5.41, 5.74) is 2.14. The summed E-state index contributed by atoms with van der Waals surface area (Å²) in [4.78, 5) is 6.56. The molecule has 0 bridgehead atoms. The van der Waals surface area contributed by atoms with E-state index in [1.165, 1.54) is 24.1 Å². The van der Waals surface area contributed by atoms with E-state index in [4.69, 9.17) is 11.6 Å². The van der Waals surface area contributed by atoms with Crippen molar-refractivity contribution in [3.05, 3.63) is 64.7 Å². The first-order valence-corrected chi connectivity index (χ1v) is 8.34. The van der Waals surface area contributed by atoms with Gasteiger partial charge < -0.3 is 5.32 Å². The summed E-state index contributed by atoms with van der Waals surface area (Å²) in [7, 11) is 0. The Morgan fingerprint density at radius 1 is 1.30 bits per heavy atom. The first kappa shape index (κ1) is 16.4. The second kappa shape index (κ2) is 7.86. The molecule has 1 aromatic heterocycles. The van der Waals surface area contributed by atoms with Gasteiger partial charge in [-0.25, -0.2) is 4.39 Å². The van der Waals surface area contributed by atoms with Crippen LogP contribution in [0, 0.1) is 11.7 Å². The zero-order valence-corrected chi connectivity index (χ0v) is 13.8. The molecule has 23 heavy (non-hydrogen) atoms. The minimum absolute atomic E-state index is 0.294. The Balaban J connectivity index is 1.73. The average molecular weight is 334 g/mol. The molecule has 0 aliphatic carbocycles. The summed E-state index contributed by atoms with van der Waals surface area (Å²) in [6.45, 7) is 4.67. The van der Waals surface area contributed by atoms with E-state index in [0.29, 0.717) is 17.5 Å². The second-order valence-electron chi connectivity index (χ2n) is 6.13. The molecule has 0 spiro atoms. The molecule has 1 aliphatic heterocycles. The minimum atomic E-state index is -0.294. The number of nitrogens with zero attached hydrogens (tertiary/aromatic N) is 2. The average Bonchev–Trinajstić information content (AvgIpc) is 3.04. The van der Waals surface area contributed by atoms with Crippen molar-refractivity contribution < 1.29 is 4.39 Å². The third-order valence-corrected chi connectivity index (χ3v) is 4.57. The van der Waals surface area contributed by atoms with Crippen molar-refractivity contribution >= 4 is 11.6 Å². The Hall–Kier alpha value is -1.49. The van der Waals surface area contributed by atoms with Crippen LogP contribution in [0.5, 0.6) is 0 Å². The molecule has 0 radical (unpaired) electrons. The fourth-order valence-electron chi connectivity index (χ4n) is 3.06. The number of benzene rings is 1. The van der Waals surface area contributed by atoms with Gasteiger partial charge in [0.25, 0.3) is 0 Å². The van der Waals surface area contributed by atoms with Gasteiger partial charge >= 0.3 is 0 Å². The Kier molecular flexibility index (Phi) is 5.60. The van der Waals surface area contributed by atoms with E-state index < -0.39 is 0 Å². The summed E-state index contributed by atoms with van der Waals surface area (Å²) in [5.74, 6) is 0.350. The molecule has 3 nitrogen and oxygen atoms in total. The summed E-state index contributed by atoms with van der Waals surface area (Å²) in [5, 5.41) is 3.90. The van der Waals surface area contributed by atoms with Crippen molar-refractivity contribution in [1.82, 2.24) is 15.2 Å². The van der Waals surface area contributed by atoms with Crippen LogP contribution in [-0.4, -0.2) is 29.5 Å². The molecule has 3 rings (SSSR count). The Morgan fingerprint density at radius 3 is 2.91 bits per heavy atom. The smallest absolute Gasteiger partial charge is 0.124 e. The zero-order valence-electron chi connectivity index (χ0n) is 13.0. The van der Waals surface area contributed by atoms with Gasteiger partial charge in [0.15, 0.2) is 0 Å². The lowest BCUT2D eigenvalue weighted by Crippen LogP contribution is -2.30.